The van der Waals surface area contributed by atoms with E-state index in [1.165, 1.54) is 11.1 Å². The molecule has 3 rings (SSSR count). The number of carbonyl (C=O) groups is 2. The lowest BCUT2D eigenvalue weighted by Gasteiger charge is -2.18. The second kappa shape index (κ2) is 5.40. The van der Waals surface area contributed by atoms with Gasteiger partial charge in [-0.3, -0.25) is 4.79 Å². The van der Waals surface area contributed by atoms with E-state index in [9.17, 15) is 9.59 Å². The molecule has 0 unspecified atom stereocenters. The number of rotatable bonds is 2. The van der Waals surface area contributed by atoms with Crippen molar-refractivity contribution in [1.82, 2.24) is 4.90 Å². The first kappa shape index (κ1) is 13.4. The van der Waals surface area contributed by atoms with Crippen molar-refractivity contribution in [2.24, 2.45) is 0 Å². The molecular formula is C17H16N2O2. The molecule has 1 aliphatic heterocycles. The Bertz CT molecular complexity index is 685. The standard InChI is InChI=1S/C17H16N2O2/c1-12-15(11-20)7-4-8-16(12)18-17(21)19-9-13-5-2-3-6-14(13)10-19/h2-8,11H,9-10H2,1H3,(H,18,21). The zero-order chi connectivity index (χ0) is 14.8. The van der Waals surface area contributed by atoms with Crippen molar-refractivity contribution in [2.45, 2.75) is 20.0 Å². The molecule has 0 radical (unpaired) electrons. The summed E-state index contributed by atoms with van der Waals surface area (Å²) in [7, 11) is 0. The molecule has 0 saturated heterocycles. The summed E-state index contributed by atoms with van der Waals surface area (Å²) in [6, 6.07) is 13.2. The van der Waals surface area contributed by atoms with Crippen molar-refractivity contribution in [1.29, 1.82) is 0 Å². The molecule has 0 bridgehead atoms. The molecule has 0 atom stereocenters. The first-order valence-corrected chi connectivity index (χ1v) is 6.86. The van der Waals surface area contributed by atoms with E-state index in [-0.39, 0.29) is 6.03 Å². The third-order valence-corrected chi connectivity index (χ3v) is 3.87. The average Bonchev–Trinajstić information content (AvgIpc) is 2.93. The molecule has 0 saturated carbocycles. The van der Waals surface area contributed by atoms with E-state index in [0.29, 0.717) is 24.3 Å². The van der Waals surface area contributed by atoms with Crippen LogP contribution < -0.4 is 5.32 Å². The Balaban J connectivity index is 1.75. The van der Waals surface area contributed by atoms with E-state index >= 15 is 0 Å². The Morgan fingerprint density at radius 3 is 2.38 bits per heavy atom. The summed E-state index contributed by atoms with van der Waals surface area (Å²) < 4.78 is 0. The average molecular weight is 280 g/mol. The van der Waals surface area contributed by atoms with Crippen molar-refractivity contribution in [3.05, 3.63) is 64.7 Å². The number of fused-ring (bicyclic) bond motifs is 1. The van der Waals surface area contributed by atoms with E-state index in [1.807, 2.05) is 37.3 Å². The molecule has 2 amide bonds. The normalized spacial score (nSPS) is 12.9. The van der Waals surface area contributed by atoms with Crippen molar-refractivity contribution < 1.29 is 9.59 Å². The molecule has 4 heteroatoms. The molecule has 0 fully saturated rings. The number of aldehydes is 1. The number of nitrogens with zero attached hydrogens (tertiary/aromatic N) is 1. The van der Waals surface area contributed by atoms with Crippen LogP contribution >= 0.6 is 0 Å². The van der Waals surface area contributed by atoms with Crippen molar-refractivity contribution in [3.8, 4) is 0 Å². The second-order valence-electron chi connectivity index (χ2n) is 5.19. The third kappa shape index (κ3) is 2.52. The first-order chi connectivity index (χ1) is 10.2. The fraction of sp³-hybridized carbons (Fsp3) is 0.176. The highest BCUT2D eigenvalue weighted by Gasteiger charge is 2.23. The van der Waals surface area contributed by atoms with Gasteiger partial charge in [0.1, 0.15) is 6.29 Å². The molecule has 0 aliphatic carbocycles. The van der Waals surface area contributed by atoms with Gasteiger partial charge in [-0.1, -0.05) is 36.4 Å². The fourth-order valence-corrected chi connectivity index (χ4v) is 2.59. The molecule has 1 N–H and O–H groups in total. The maximum absolute atomic E-state index is 12.4. The van der Waals surface area contributed by atoms with Crippen LogP contribution in [0.2, 0.25) is 0 Å². The largest absolute Gasteiger partial charge is 0.322 e. The topological polar surface area (TPSA) is 49.4 Å². The maximum Gasteiger partial charge on any atom is 0.322 e. The Kier molecular flexibility index (Phi) is 3.44. The Labute approximate surface area is 123 Å². The monoisotopic (exact) mass is 280 g/mol. The highest BCUT2D eigenvalue weighted by Crippen LogP contribution is 2.24. The Hall–Kier alpha value is -2.62. The van der Waals surface area contributed by atoms with Gasteiger partial charge in [0.15, 0.2) is 0 Å². The molecule has 4 nitrogen and oxygen atoms in total. The molecule has 2 aromatic rings. The number of anilines is 1. The minimum Gasteiger partial charge on any atom is -0.316 e. The van der Waals surface area contributed by atoms with Gasteiger partial charge in [0, 0.05) is 24.3 Å². The van der Waals surface area contributed by atoms with Crippen LogP contribution in [-0.4, -0.2) is 17.2 Å². The van der Waals surface area contributed by atoms with Gasteiger partial charge in [0.2, 0.25) is 0 Å². The number of nitrogens with one attached hydrogen (secondary N) is 1. The predicted molar refractivity (Wildman–Crippen MR) is 81.3 cm³/mol. The summed E-state index contributed by atoms with van der Waals surface area (Å²) in [5.74, 6) is 0. The van der Waals surface area contributed by atoms with Crippen LogP contribution in [-0.2, 0) is 13.1 Å². The molecule has 1 heterocycles. The number of hydrogen-bond acceptors (Lipinski definition) is 2. The molecule has 2 aromatic carbocycles. The molecule has 0 spiro atoms. The van der Waals surface area contributed by atoms with Crippen LogP contribution in [0.25, 0.3) is 0 Å². The van der Waals surface area contributed by atoms with Gasteiger partial charge in [-0.05, 0) is 29.7 Å². The quantitative estimate of drug-likeness (QED) is 0.858. The number of amides is 2. The highest BCUT2D eigenvalue weighted by atomic mass is 16.2. The summed E-state index contributed by atoms with van der Waals surface area (Å²) in [5.41, 5.74) is 4.44. The van der Waals surface area contributed by atoms with E-state index in [1.54, 1.807) is 17.0 Å². The lowest BCUT2D eigenvalue weighted by atomic mass is 10.1. The maximum atomic E-state index is 12.4. The van der Waals surface area contributed by atoms with Crippen LogP contribution in [0.1, 0.15) is 27.0 Å². The minimum absolute atomic E-state index is 0.141. The second-order valence-corrected chi connectivity index (χ2v) is 5.19. The predicted octanol–water partition coefficient (Wildman–Crippen LogP) is 3.36. The van der Waals surface area contributed by atoms with Crippen LogP contribution in [0, 0.1) is 6.92 Å². The summed E-state index contributed by atoms with van der Waals surface area (Å²) in [5, 5.41) is 2.89. The van der Waals surface area contributed by atoms with Gasteiger partial charge in [-0.25, -0.2) is 4.79 Å². The summed E-state index contributed by atoms with van der Waals surface area (Å²) in [4.78, 5) is 25.1. The van der Waals surface area contributed by atoms with Gasteiger partial charge in [0.05, 0.1) is 0 Å². The van der Waals surface area contributed by atoms with Crippen molar-refractivity contribution in [3.63, 3.8) is 0 Å². The molecule has 1 aliphatic rings. The van der Waals surface area contributed by atoms with Crippen LogP contribution in [0.15, 0.2) is 42.5 Å². The van der Waals surface area contributed by atoms with Gasteiger partial charge in [0.25, 0.3) is 0 Å². The van der Waals surface area contributed by atoms with Gasteiger partial charge < -0.3 is 10.2 Å². The van der Waals surface area contributed by atoms with Crippen LogP contribution in [0.3, 0.4) is 0 Å². The van der Waals surface area contributed by atoms with Gasteiger partial charge in [-0.15, -0.1) is 0 Å². The molecule has 0 aromatic heterocycles. The fourth-order valence-electron chi connectivity index (χ4n) is 2.59. The lowest BCUT2D eigenvalue weighted by Crippen LogP contribution is -2.30. The smallest absolute Gasteiger partial charge is 0.316 e. The summed E-state index contributed by atoms with van der Waals surface area (Å²) in [6.45, 7) is 3.07. The van der Waals surface area contributed by atoms with E-state index < -0.39 is 0 Å². The van der Waals surface area contributed by atoms with E-state index in [2.05, 4.69) is 5.32 Å². The Morgan fingerprint density at radius 1 is 1.10 bits per heavy atom. The number of urea groups is 1. The minimum atomic E-state index is -0.141. The van der Waals surface area contributed by atoms with Gasteiger partial charge >= 0.3 is 6.03 Å². The number of benzene rings is 2. The zero-order valence-electron chi connectivity index (χ0n) is 11.8. The SMILES string of the molecule is Cc1c(C=O)cccc1NC(=O)N1Cc2ccccc2C1. The van der Waals surface area contributed by atoms with Crippen LogP contribution in [0.5, 0.6) is 0 Å². The molecular weight excluding hydrogens is 264 g/mol. The Morgan fingerprint density at radius 2 is 1.76 bits per heavy atom. The summed E-state index contributed by atoms with van der Waals surface area (Å²) >= 11 is 0. The first-order valence-electron chi connectivity index (χ1n) is 6.86. The van der Waals surface area contributed by atoms with Crippen molar-refractivity contribution in [2.75, 3.05) is 5.32 Å². The number of carbonyl (C=O) groups excluding carboxylic acids is 2. The molecule has 21 heavy (non-hydrogen) atoms. The highest BCUT2D eigenvalue weighted by molar-refractivity contribution is 5.92. The third-order valence-electron chi connectivity index (χ3n) is 3.87. The number of hydrogen-bond donors (Lipinski definition) is 1. The van der Waals surface area contributed by atoms with E-state index in [4.69, 9.17) is 0 Å². The zero-order valence-corrected chi connectivity index (χ0v) is 11.8. The summed E-state index contributed by atoms with van der Waals surface area (Å²) in [6.07, 6.45) is 0.802. The van der Waals surface area contributed by atoms with Gasteiger partial charge in [-0.2, -0.15) is 0 Å². The van der Waals surface area contributed by atoms with Crippen LogP contribution in [0.4, 0.5) is 10.5 Å². The van der Waals surface area contributed by atoms with Crippen molar-refractivity contribution >= 4 is 18.0 Å². The lowest BCUT2D eigenvalue weighted by molar-refractivity contribution is 0.112. The van der Waals surface area contributed by atoms with E-state index in [0.717, 1.165) is 11.8 Å². The molecule has 106 valence electrons.